The first-order chi connectivity index (χ1) is 47.9. The molecule has 0 aromatic heterocycles. The summed E-state index contributed by atoms with van der Waals surface area (Å²) >= 11 is 0. The summed E-state index contributed by atoms with van der Waals surface area (Å²) in [6.45, 7) is 7.83. The van der Waals surface area contributed by atoms with E-state index in [2.05, 4.69) is 14.2 Å². The maximum atomic E-state index is 10.1. The van der Waals surface area contributed by atoms with Crippen LogP contribution in [0.15, 0.2) is 0 Å². The van der Waals surface area contributed by atoms with Crippen molar-refractivity contribution in [2.45, 2.75) is 305 Å². The summed E-state index contributed by atoms with van der Waals surface area (Å²) in [7, 11) is 0. The number of hydrogen-bond donors (Lipinski definition) is 35. The molecule has 0 aromatic rings. The fourth-order valence-electron chi connectivity index (χ4n) is 10.9. The van der Waals surface area contributed by atoms with Crippen LogP contribution in [0.3, 0.4) is 0 Å². The van der Waals surface area contributed by atoms with Gasteiger partial charge in [-0.1, -0.05) is 27.7 Å². The average Bonchev–Trinajstić information content (AvgIpc) is 1.64. The van der Waals surface area contributed by atoms with Crippen LogP contribution in [0.4, 0.5) is 0 Å². The zero-order valence-corrected chi connectivity index (χ0v) is 57.2. The highest BCUT2D eigenvalue weighted by atomic mass is 16.8. The van der Waals surface area contributed by atoms with E-state index < -0.39 is 296 Å². The van der Waals surface area contributed by atoms with Gasteiger partial charge in [0.2, 0.25) is 5.79 Å². The lowest BCUT2D eigenvalue weighted by molar-refractivity contribution is -0.382. The van der Waals surface area contributed by atoms with Crippen molar-refractivity contribution in [3.05, 3.63) is 0 Å². The highest BCUT2D eigenvalue weighted by Gasteiger charge is 2.58. The molecule has 45 heteroatoms. The van der Waals surface area contributed by atoms with Crippen molar-refractivity contribution >= 4 is 0 Å². The lowest BCUT2D eigenvalue weighted by atomic mass is 9.80. The molecule has 103 heavy (non-hydrogen) atoms. The third kappa shape index (κ3) is 24.6. The zero-order valence-electron chi connectivity index (χ0n) is 57.2. The van der Waals surface area contributed by atoms with Gasteiger partial charge in [-0.15, -0.1) is 0 Å². The van der Waals surface area contributed by atoms with Crippen LogP contribution < -0.4 is 0 Å². The van der Waals surface area contributed by atoms with Crippen LogP contribution in [-0.4, -0.2) is 482 Å². The second-order valence-electron chi connectivity index (χ2n) is 25.3. The fraction of sp³-hybridized carbons (Fsp3) is 1.00. The Morgan fingerprint density at radius 2 is 0.767 bits per heavy atom. The van der Waals surface area contributed by atoms with Crippen LogP contribution in [0.25, 0.3) is 0 Å². The van der Waals surface area contributed by atoms with Crippen LogP contribution >= 0.6 is 0 Å². The summed E-state index contributed by atoms with van der Waals surface area (Å²) in [6.07, 6.45) is -49.7. The lowest BCUT2D eigenvalue weighted by Gasteiger charge is -2.45. The predicted octanol–water partition coefficient (Wildman–Crippen LogP) is -19.3. The first-order valence-electron chi connectivity index (χ1n) is 32.9. The van der Waals surface area contributed by atoms with Gasteiger partial charge < -0.3 is 226 Å². The zero-order chi connectivity index (χ0) is 79.5. The Morgan fingerprint density at radius 1 is 0.388 bits per heavy atom. The standard InChI is InChI=1S/C13H24O10.C12H22O10.C7H14O5.C7H14O4.C6H12O6.C6H12O5.C5H10O5.C2H6/c1-4-7(16)10(19)12(6(3-15)21-4)23-13-11(20)9(18)8(17)5(2-14)22-13;1-4-6(15)10(19)12(3-14,21-4)22-11-9(18)8(17)7(16)5(2-13)20-11;1-2-3(8)5(10)7(12)6(11)4(2)9;1-2-4(8)7-6(10)5(9)3-11-7;7-1-2-3(8)4(9)5(10)6(11)12-2;1-6(10)5(9)4(8)3(7)2-11-6;6-1-2-3(7)4(8)5(9)10-2;1-2/h4-20H,2-3H2,1H3;4-11,13-19H,2-3H2,1H3;2-12H,1H3;4-10H,2-3H2,1H3;2-11H,1H2;3-5,7-10H,2H2,1H3;2-9H,1H2;1-2H3/t4-,5?,6?,7?,8-,9+,10-,11?,12+,13-;4-,5?,6+,7-,8-,9?,10?,11-,12+;2?,3-,4+,5-,6-,7?;;2?,3-,4-,5?,6+;3-,4+,5?,6-;2-,3?,4+,5-;/m110.111./s1. The summed E-state index contributed by atoms with van der Waals surface area (Å²) in [5, 5.41) is 324. The Hall–Kier alpha value is -1.80. The van der Waals surface area contributed by atoms with E-state index in [4.69, 9.17) is 125 Å². The van der Waals surface area contributed by atoms with Crippen molar-refractivity contribution < 1.29 is 226 Å². The molecule has 17 unspecified atom stereocenters. The molecule has 45 nitrogen and oxygen atoms in total. The second kappa shape index (κ2) is 44.3. The molecule has 0 spiro atoms. The van der Waals surface area contributed by atoms with Crippen LogP contribution in [0.2, 0.25) is 0 Å². The minimum atomic E-state index is -2.06. The Bertz CT molecular complexity index is 2200. The number of aliphatic hydroxyl groups is 35. The quantitative estimate of drug-likeness (QED) is 0.0863. The molecule has 1 aliphatic carbocycles. The van der Waals surface area contributed by atoms with Gasteiger partial charge in [-0.25, -0.2) is 0 Å². The second-order valence-corrected chi connectivity index (χ2v) is 25.3. The summed E-state index contributed by atoms with van der Waals surface area (Å²) in [4.78, 5) is 0. The number of hydrogen-bond acceptors (Lipinski definition) is 45. The third-order valence-electron chi connectivity index (χ3n) is 17.9. The van der Waals surface area contributed by atoms with Crippen molar-refractivity contribution in [1.82, 2.24) is 0 Å². The van der Waals surface area contributed by atoms with Crippen molar-refractivity contribution in [3.8, 4) is 0 Å². The van der Waals surface area contributed by atoms with Gasteiger partial charge in [0.25, 0.3) is 0 Å². The molecule has 42 atom stereocenters. The Balaban J connectivity index is 0.000000417. The van der Waals surface area contributed by atoms with E-state index in [0.29, 0.717) is 6.42 Å². The maximum absolute atomic E-state index is 10.1. The monoisotopic (exact) mass is 1530 g/mol. The third-order valence-corrected chi connectivity index (χ3v) is 17.9. The first-order valence-corrected chi connectivity index (χ1v) is 32.9. The maximum Gasteiger partial charge on any atom is 0.223 e. The molecule has 0 aromatic carbocycles. The van der Waals surface area contributed by atoms with Gasteiger partial charge in [0.15, 0.2) is 30.9 Å². The summed E-state index contributed by atoms with van der Waals surface area (Å²) in [5.74, 6) is -4.47. The molecule has 9 aliphatic rings. The minimum absolute atomic E-state index is 0.114. The molecule has 8 aliphatic heterocycles. The van der Waals surface area contributed by atoms with Crippen LogP contribution in [0.5, 0.6) is 0 Å². The topological polar surface area (TPSA) is 800 Å². The summed E-state index contributed by atoms with van der Waals surface area (Å²) in [5.41, 5.74) is 0. The van der Waals surface area contributed by atoms with Crippen molar-refractivity contribution in [2.75, 3.05) is 52.9 Å². The predicted molar refractivity (Wildman–Crippen MR) is 328 cm³/mol. The Kier molecular flexibility index (Phi) is 41.8. The van der Waals surface area contributed by atoms with Crippen LogP contribution in [0, 0.1) is 5.92 Å². The van der Waals surface area contributed by atoms with Crippen LogP contribution in [0.1, 0.15) is 54.9 Å². The molecule has 9 fully saturated rings. The van der Waals surface area contributed by atoms with Gasteiger partial charge in [0, 0.05) is 5.92 Å². The largest absolute Gasteiger partial charge is 0.394 e. The molecule has 9 rings (SSSR count). The van der Waals surface area contributed by atoms with Crippen molar-refractivity contribution in [1.29, 1.82) is 0 Å². The van der Waals surface area contributed by atoms with E-state index in [1.165, 1.54) is 27.7 Å². The Labute approximate surface area is 588 Å². The molecule has 0 radical (unpaired) electrons. The molecule has 0 bridgehead atoms. The van der Waals surface area contributed by atoms with Crippen molar-refractivity contribution in [2.24, 2.45) is 5.92 Å². The fourth-order valence-corrected chi connectivity index (χ4v) is 10.9. The molecular formula is C58H114O45. The first kappa shape index (κ1) is 97.3. The van der Waals surface area contributed by atoms with Gasteiger partial charge in [0.1, 0.15) is 190 Å². The van der Waals surface area contributed by atoms with E-state index in [1.54, 1.807) is 6.92 Å². The molecule has 8 heterocycles. The van der Waals surface area contributed by atoms with E-state index >= 15 is 0 Å². The van der Waals surface area contributed by atoms with E-state index in [1.807, 2.05) is 13.8 Å². The van der Waals surface area contributed by atoms with Gasteiger partial charge >= 0.3 is 0 Å². The SMILES string of the molecule is CC.CC1[C@@H](O)[C@H](O)C(O)[C@@H](O)[C@H]1O.CCC(O)C1OCC(O)C1O.C[C@@]1(O)OC[C@@H](O)[C@H](O)C1O.C[C@H]1OC(CO)[C@H](O[C@H]2OC(CO)[C@@H](O)[C@H](O)C2O)[C@H](O)C1O.C[C@H]1O[C@@](CO)(O[C@H]2OC(CO)[C@@H](O)[C@@H](O)C2O)C(O)[C@H]1O.OCC1O[C@H](O)C(O)[C@H](O)[C@@H]1O.OC[C@H]1O[C@@H](O)[C@@H](O)C1O. The van der Waals surface area contributed by atoms with E-state index in [0.717, 1.165) is 0 Å². The highest BCUT2D eigenvalue weighted by molar-refractivity contribution is 5.00. The smallest absolute Gasteiger partial charge is 0.223 e. The van der Waals surface area contributed by atoms with E-state index in [-0.39, 0.29) is 13.2 Å². The van der Waals surface area contributed by atoms with Gasteiger partial charge in [-0.2, -0.15) is 0 Å². The molecule has 1 saturated carbocycles. The summed E-state index contributed by atoms with van der Waals surface area (Å²) < 4.78 is 50.3. The molecule has 0 amide bonds. The summed E-state index contributed by atoms with van der Waals surface area (Å²) in [6, 6.07) is 0. The number of ether oxygens (including phenoxy) is 10. The lowest BCUT2D eigenvalue weighted by Crippen LogP contribution is -2.64. The molecule has 616 valence electrons. The van der Waals surface area contributed by atoms with E-state index in [9.17, 15) is 86.8 Å². The Morgan fingerprint density at radius 3 is 1.15 bits per heavy atom. The van der Waals surface area contributed by atoms with Gasteiger partial charge in [0.05, 0.1) is 76.8 Å². The van der Waals surface area contributed by atoms with Gasteiger partial charge in [-0.05, 0) is 27.2 Å². The van der Waals surface area contributed by atoms with Crippen LogP contribution in [-0.2, 0) is 47.4 Å². The normalized spacial score (nSPS) is 49.7. The number of rotatable bonds is 12. The molecular weight excluding hydrogens is 1420 g/mol. The molecule has 8 saturated heterocycles. The average molecular weight is 1530 g/mol. The number of aliphatic hydroxyl groups excluding tert-OH is 34. The minimum Gasteiger partial charge on any atom is -0.394 e. The van der Waals surface area contributed by atoms with Crippen molar-refractivity contribution in [3.63, 3.8) is 0 Å². The highest BCUT2D eigenvalue weighted by Crippen LogP contribution is 2.37. The molecule has 35 N–H and O–H groups in total. The van der Waals surface area contributed by atoms with Gasteiger partial charge in [-0.3, -0.25) is 0 Å².